The zero-order chi connectivity index (χ0) is 14.2. The van der Waals surface area contributed by atoms with Crippen LogP contribution in [0.15, 0.2) is 34.2 Å². The molecule has 102 valence electrons. The van der Waals surface area contributed by atoms with Crippen molar-refractivity contribution in [1.29, 1.82) is 0 Å². The van der Waals surface area contributed by atoms with Gasteiger partial charge in [-0.2, -0.15) is 0 Å². The highest BCUT2D eigenvalue weighted by Crippen LogP contribution is 2.22. The molecule has 0 saturated carbocycles. The molecule has 1 heterocycles. The van der Waals surface area contributed by atoms with Gasteiger partial charge in [0.2, 0.25) is 5.91 Å². The fraction of sp³-hybridized carbons (Fsp3) is 0.333. The van der Waals surface area contributed by atoms with Gasteiger partial charge in [-0.05, 0) is 19.1 Å². The van der Waals surface area contributed by atoms with Gasteiger partial charge in [0.15, 0.2) is 0 Å². The summed E-state index contributed by atoms with van der Waals surface area (Å²) in [5.74, 6) is 0.0365. The molecule has 2 rings (SSSR count). The lowest BCUT2D eigenvalue weighted by molar-refractivity contribution is -0.129. The molecule has 0 aliphatic carbocycles. The third-order valence-corrected chi connectivity index (χ3v) is 4.18. The van der Waals surface area contributed by atoms with Crippen molar-refractivity contribution in [2.45, 2.75) is 17.9 Å². The number of rotatable bonds is 2. The molecule has 1 aromatic rings. The van der Waals surface area contributed by atoms with Gasteiger partial charge >= 0.3 is 0 Å². The van der Waals surface area contributed by atoms with Crippen molar-refractivity contribution in [3.63, 3.8) is 0 Å². The van der Waals surface area contributed by atoms with Crippen LogP contribution in [0.2, 0.25) is 0 Å². The molecule has 0 saturated heterocycles. The Hall–Kier alpha value is -1.89. The average Bonchev–Trinajstić information content (AvgIpc) is 2.60. The first-order valence-corrected chi connectivity index (χ1v) is 7.22. The molecule has 1 aromatic carbocycles. The van der Waals surface area contributed by atoms with Crippen LogP contribution in [0, 0.1) is 0 Å². The zero-order valence-electron chi connectivity index (χ0n) is 10.9. The number of nitrogens with zero attached hydrogens (tertiary/aromatic N) is 2. The Kier molecular flexibility index (Phi) is 3.32. The molecule has 0 radical (unpaired) electrons. The Labute approximate surface area is 112 Å². The van der Waals surface area contributed by atoms with E-state index in [4.69, 9.17) is 0 Å². The molecule has 0 unspecified atom stereocenters. The zero-order valence-corrected chi connectivity index (χ0v) is 11.7. The van der Waals surface area contributed by atoms with Gasteiger partial charge in [0.1, 0.15) is 11.9 Å². The Morgan fingerprint density at radius 3 is 2.58 bits per heavy atom. The predicted octanol–water partition coefficient (Wildman–Crippen LogP) is 0.202. The van der Waals surface area contributed by atoms with Gasteiger partial charge < -0.3 is 4.90 Å². The average molecular weight is 281 g/mol. The van der Waals surface area contributed by atoms with E-state index in [-0.39, 0.29) is 16.6 Å². The van der Waals surface area contributed by atoms with E-state index in [9.17, 15) is 13.2 Å². The summed E-state index contributed by atoms with van der Waals surface area (Å²) in [6, 6.07) is 5.92. The molecule has 1 atom stereocenters. The van der Waals surface area contributed by atoms with Crippen LogP contribution in [0.3, 0.4) is 0 Å². The maximum Gasteiger partial charge on any atom is 0.263 e. The molecule has 1 aliphatic rings. The molecule has 6 nitrogen and oxygen atoms in total. The van der Waals surface area contributed by atoms with E-state index in [0.29, 0.717) is 5.56 Å². The van der Waals surface area contributed by atoms with Crippen molar-refractivity contribution in [3.8, 4) is 0 Å². The lowest BCUT2D eigenvalue weighted by atomic mass is 10.2. The van der Waals surface area contributed by atoms with Crippen LogP contribution in [0.4, 0.5) is 0 Å². The van der Waals surface area contributed by atoms with Crippen LogP contribution < -0.4 is 4.72 Å². The summed E-state index contributed by atoms with van der Waals surface area (Å²) in [5, 5.41) is 0. The van der Waals surface area contributed by atoms with Crippen LogP contribution in [-0.4, -0.2) is 45.2 Å². The summed E-state index contributed by atoms with van der Waals surface area (Å²) in [6.07, 6.45) is 0. The van der Waals surface area contributed by atoms with E-state index < -0.39 is 16.1 Å². The smallest absolute Gasteiger partial charge is 0.263 e. The normalized spacial score (nSPS) is 19.6. The first kappa shape index (κ1) is 13.5. The number of hydrogen-bond donors (Lipinski definition) is 1. The predicted molar refractivity (Wildman–Crippen MR) is 71.5 cm³/mol. The van der Waals surface area contributed by atoms with E-state index in [0.717, 1.165) is 0 Å². The summed E-state index contributed by atoms with van der Waals surface area (Å²) in [6.45, 7) is 1.63. The van der Waals surface area contributed by atoms with Crippen molar-refractivity contribution in [3.05, 3.63) is 29.8 Å². The van der Waals surface area contributed by atoms with Gasteiger partial charge in [0, 0.05) is 19.7 Å². The standard InChI is InChI=1S/C12H15N3O3S/c1-8(12(16)15(2)3)13-11-9-6-4-5-7-10(9)19(17,18)14-11/h4-8H,1-3H3,(H,13,14)/t8-/m0/s1. The van der Waals surface area contributed by atoms with Crippen LogP contribution in [-0.2, 0) is 14.8 Å². The van der Waals surface area contributed by atoms with E-state index in [1.54, 1.807) is 39.2 Å². The summed E-state index contributed by atoms with van der Waals surface area (Å²) in [7, 11) is -0.291. The highest BCUT2D eigenvalue weighted by Gasteiger charge is 2.31. The molecule has 19 heavy (non-hydrogen) atoms. The third-order valence-electron chi connectivity index (χ3n) is 2.78. The molecule has 0 aromatic heterocycles. The number of amidine groups is 1. The minimum atomic E-state index is -3.55. The fourth-order valence-electron chi connectivity index (χ4n) is 1.85. The number of hydrogen-bond acceptors (Lipinski definition) is 4. The molecular formula is C12H15N3O3S. The van der Waals surface area contributed by atoms with Gasteiger partial charge in [0.25, 0.3) is 10.0 Å². The molecule has 7 heteroatoms. The largest absolute Gasteiger partial charge is 0.347 e. The van der Waals surface area contributed by atoms with Crippen LogP contribution in [0.5, 0.6) is 0 Å². The summed E-state index contributed by atoms with van der Waals surface area (Å²) in [4.78, 5) is 17.5. The SMILES string of the molecule is C[C@H](N=C1NS(=O)(=O)c2ccccc21)C(=O)N(C)C. The number of fused-ring (bicyclic) bond motifs is 1. The third kappa shape index (κ3) is 2.46. The first-order chi connectivity index (χ1) is 8.83. The summed E-state index contributed by atoms with van der Waals surface area (Å²) >= 11 is 0. The fourth-order valence-corrected chi connectivity index (χ4v) is 3.09. The van der Waals surface area contributed by atoms with Crippen LogP contribution >= 0.6 is 0 Å². The first-order valence-electron chi connectivity index (χ1n) is 5.74. The number of nitrogens with one attached hydrogen (secondary N) is 1. The number of amides is 1. The summed E-state index contributed by atoms with van der Waals surface area (Å²) < 4.78 is 26.1. The molecule has 0 spiro atoms. The van der Waals surface area contributed by atoms with Gasteiger partial charge in [-0.1, -0.05) is 12.1 Å². The van der Waals surface area contributed by atoms with Gasteiger partial charge in [0.05, 0.1) is 4.90 Å². The minimum absolute atomic E-state index is 0.184. The van der Waals surface area contributed by atoms with E-state index in [1.807, 2.05) is 0 Å². The highest BCUT2D eigenvalue weighted by molar-refractivity contribution is 7.90. The molecule has 0 bridgehead atoms. The Bertz CT molecular complexity index is 650. The molecule has 0 fully saturated rings. The lowest BCUT2D eigenvalue weighted by Crippen LogP contribution is -2.33. The topological polar surface area (TPSA) is 78.8 Å². The molecule has 1 N–H and O–H groups in total. The number of aliphatic imine (C=N–C) groups is 1. The second-order valence-corrected chi connectivity index (χ2v) is 6.14. The quantitative estimate of drug-likeness (QED) is 0.841. The van der Waals surface area contributed by atoms with Crippen molar-refractivity contribution in [2.75, 3.05) is 14.1 Å². The van der Waals surface area contributed by atoms with Crippen molar-refractivity contribution in [2.24, 2.45) is 4.99 Å². The maximum atomic E-state index is 11.9. The highest BCUT2D eigenvalue weighted by atomic mass is 32.2. The Balaban J connectivity index is 2.42. The monoisotopic (exact) mass is 281 g/mol. The number of carbonyl (C=O) groups excluding carboxylic acids is 1. The molecular weight excluding hydrogens is 266 g/mol. The maximum absolute atomic E-state index is 11.9. The van der Waals surface area contributed by atoms with E-state index >= 15 is 0 Å². The van der Waals surface area contributed by atoms with Crippen molar-refractivity contribution >= 4 is 21.8 Å². The van der Waals surface area contributed by atoms with Crippen molar-refractivity contribution in [1.82, 2.24) is 9.62 Å². The Morgan fingerprint density at radius 2 is 1.95 bits per heavy atom. The van der Waals surface area contributed by atoms with Crippen LogP contribution in [0.1, 0.15) is 12.5 Å². The number of carbonyl (C=O) groups is 1. The molecule has 1 aliphatic heterocycles. The van der Waals surface area contributed by atoms with Gasteiger partial charge in [-0.25, -0.2) is 8.42 Å². The van der Waals surface area contributed by atoms with Gasteiger partial charge in [-0.15, -0.1) is 0 Å². The second-order valence-electron chi connectivity index (χ2n) is 4.49. The van der Waals surface area contributed by atoms with Gasteiger partial charge in [-0.3, -0.25) is 14.5 Å². The minimum Gasteiger partial charge on any atom is -0.347 e. The Morgan fingerprint density at radius 1 is 1.32 bits per heavy atom. The number of likely N-dealkylation sites (N-methyl/N-ethyl adjacent to an activating group) is 1. The molecule has 1 amide bonds. The van der Waals surface area contributed by atoms with E-state index in [2.05, 4.69) is 9.71 Å². The van der Waals surface area contributed by atoms with E-state index in [1.165, 1.54) is 11.0 Å². The second kappa shape index (κ2) is 4.65. The number of sulfonamides is 1. The van der Waals surface area contributed by atoms with Crippen LogP contribution in [0.25, 0.3) is 0 Å². The lowest BCUT2D eigenvalue weighted by Gasteiger charge is -2.14. The van der Waals surface area contributed by atoms with Crippen molar-refractivity contribution < 1.29 is 13.2 Å². The number of benzene rings is 1. The summed E-state index contributed by atoms with van der Waals surface area (Å²) in [5.41, 5.74) is 0.501.